The average Bonchev–Trinajstić information content (AvgIpc) is 3.46. The molecule has 3 aromatic carbocycles. The van der Waals surface area contributed by atoms with E-state index in [9.17, 15) is 10.2 Å². The first-order valence-corrected chi connectivity index (χ1v) is 14.2. The van der Waals surface area contributed by atoms with E-state index in [-0.39, 0.29) is 34.5 Å². The van der Waals surface area contributed by atoms with Crippen LogP contribution in [-0.2, 0) is 0 Å². The number of rotatable bonds is 5. The van der Waals surface area contributed by atoms with Crippen LogP contribution in [0.5, 0.6) is 11.8 Å². The fourth-order valence-electron chi connectivity index (χ4n) is 6.65. The van der Waals surface area contributed by atoms with Crippen molar-refractivity contribution in [1.82, 2.24) is 15.3 Å². The van der Waals surface area contributed by atoms with E-state index in [4.69, 9.17) is 27.1 Å². The van der Waals surface area contributed by atoms with Crippen LogP contribution in [0, 0.1) is 5.82 Å². The lowest BCUT2D eigenvalue weighted by Crippen LogP contribution is -2.51. The van der Waals surface area contributed by atoms with E-state index in [1.54, 1.807) is 12.1 Å². The molecule has 0 amide bonds. The minimum atomic E-state index is -0.698. The first-order valence-electron chi connectivity index (χ1n) is 13.8. The van der Waals surface area contributed by atoms with Crippen LogP contribution in [0.2, 0.25) is 5.02 Å². The van der Waals surface area contributed by atoms with Gasteiger partial charge in [-0.05, 0) is 66.6 Å². The first-order chi connectivity index (χ1) is 19.3. The first kappa shape index (κ1) is 25.7. The number of ether oxygens (including phenoxy) is 1. The highest BCUT2D eigenvalue weighted by Gasteiger charge is 2.37. The quantitative estimate of drug-likeness (QED) is 0.280. The van der Waals surface area contributed by atoms with Gasteiger partial charge in [-0.1, -0.05) is 35.9 Å². The summed E-state index contributed by atoms with van der Waals surface area (Å²) in [5.74, 6) is -0.0207. The van der Waals surface area contributed by atoms with Crippen molar-refractivity contribution in [3.05, 3.63) is 53.3 Å². The molecular formula is C30H31ClFN5O3. The number of fused-ring (bicyclic) bond motifs is 4. The molecule has 0 spiro atoms. The number of benzene rings is 3. The molecule has 1 aromatic heterocycles. The van der Waals surface area contributed by atoms with Crippen molar-refractivity contribution in [3.63, 3.8) is 0 Å². The number of nitrogens with one attached hydrogen (secondary N) is 1. The van der Waals surface area contributed by atoms with Crippen LogP contribution < -0.4 is 20.7 Å². The second kappa shape index (κ2) is 9.69. The standard InChI is InChI=1S/C30H31ClFN5O3/c31-24-11-23-27(26(32)25(24)22-10-20(39)9-16-3-1-2-4-21(16)22)35-29(40-15-30(33)8-7-19(38)12-30)36-28(23)37-13-17-5-6-18(14-37)34-17/h1-4,9-11,17-19,34,38-39H,5-8,12-15,33H2. The van der Waals surface area contributed by atoms with Gasteiger partial charge >= 0.3 is 6.01 Å². The lowest BCUT2D eigenvalue weighted by molar-refractivity contribution is 0.154. The number of hydrogen-bond acceptors (Lipinski definition) is 8. The number of aromatic nitrogens is 2. The zero-order chi connectivity index (χ0) is 27.6. The molecule has 4 unspecified atom stereocenters. The number of halogens is 2. The minimum absolute atomic E-state index is 0.0138. The molecule has 3 aliphatic rings. The smallest absolute Gasteiger partial charge is 0.319 e. The summed E-state index contributed by atoms with van der Waals surface area (Å²) >= 11 is 6.82. The molecule has 2 aliphatic heterocycles. The number of hydrogen-bond donors (Lipinski definition) is 4. The van der Waals surface area contributed by atoms with E-state index in [0.29, 0.717) is 48.1 Å². The number of nitrogens with zero attached hydrogens (tertiary/aromatic N) is 3. The average molecular weight is 564 g/mol. The lowest BCUT2D eigenvalue weighted by Gasteiger charge is -2.34. The second-order valence-electron chi connectivity index (χ2n) is 11.6. The molecule has 40 heavy (non-hydrogen) atoms. The highest BCUT2D eigenvalue weighted by molar-refractivity contribution is 6.35. The van der Waals surface area contributed by atoms with Gasteiger partial charge in [0.2, 0.25) is 0 Å². The van der Waals surface area contributed by atoms with Gasteiger partial charge in [-0.15, -0.1) is 0 Å². The molecule has 2 saturated heterocycles. The van der Waals surface area contributed by atoms with Gasteiger partial charge < -0.3 is 30.9 Å². The monoisotopic (exact) mass is 563 g/mol. The third-order valence-electron chi connectivity index (χ3n) is 8.58. The van der Waals surface area contributed by atoms with Crippen molar-refractivity contribution in [1.29, 1.82) is 0 Å². The van der Waals surface area contributed by atoms with E-state index >= 15 is 4.39 Å². The number of phenols is 1. The molecule has 4 atom stereocenters. The number of piperazine rings is 1. The second-order valence-corrected chi connectivity index (χ2v) is 12.0. The van der Waals surface area contributed by atoms with Gasteiger partial charge in [0.1, 0.15) is 23.7 Å². The number of nitrogens with two attached hydrogens (primary N) is 1. The lowest BCUT2D eigenvalue weighted by atomic mass is 9.96. The third-order valence-corrected chi connectivity index (χ3v) is 8.88. The van der Waals surface area contributed by atoms with Crippen molar-refractivity contribution in [3.8, 4) is 22.9 Å². The van der Waals surface area contributed by atoms with Crippen molar-refractivity contribution in [2.24, 2.45) is 5.73 Å². The van der Waals surface area contributed by atoms with Crippen LogP contribution in [0.3, 0.4) is 0 Å². The van der Waals surface area contributed by atoms with Gasteiger partial charge in [0, 0.05) is 36.1 Å². The fraction of sp³-hybridized carbons (Fsp3) is 0.400. The highest BCUT2D eigenvalue weighted by Crippen LogP contribution is 2.43. The van der Waals surface area contributed by atoms with E-state index in [0.717, 1.165) is 36.7 Å². The summed E-state index contributed by atoms with van der Waals surface area (Å²) in [4.78, 5) is 11.5. The molecule has 10 heteroatoms. The topological polar surface area (TPSA) is 117 Å². The molecule has 208 valence electrons. The Morgan fingerprint density at radius 2 is 1.88 bits per heavy atom. The number of phenolic OH excluding ortho intramolecular Hbond substituents is 1. The van der Waals surface area contributed by atoms with E-state index < -0.39 is 17.5 Å². The SMILES string of the molecule is NC1(COc2nc(N3CC4CCC(C3)N4)c3cc(Cl)c(-c4cc(O)cc5ccccc45)c(F)c3n2)CCC(O)C1. The largest absolute Gasteiger partial charge is 0.508 e. The van der Waals surface area contributed by atoms with Gasteiger partial charge in [0.25, 0.3) is 0 Å². The Kier molecular flexibility index (Phi) is 6.23. The van der Waals surface area contributed by atoms with Crippen LogP contribution in [0.4, 0.5) is 10.2 Å². The van der Waals surface area contributed by atoms with Crippen LogP contribution in [0.25, 0.3) is 32.8 Å². The zero-order valence-electron chi connectivity index (χ0n) is 21.9. The molecule has 5 N–H and O–H groups in total. The molecule has 8 nitrogen and oxygen atoms in total. The number of aliphatic hydroxyl groups excluding tert-OH is 1. The summed E-state index contributed by atoms with van der Waals surface area (Å²) in [6.07, 6.45) is 3.35. The Morgan fingerprint density at radius 1 is 1.10 bits per heavy atom. The van der Waals surface area contributed by atoms with Crippen LogP contribution in [-0.4, -0.2) is 63.6 Å². The molecule has 3 fully saturated rings. The summed E-state index contributed by atoms with van der Waals surface area (Å²) in [7, 11) is 0. The number of aromatic hydroxyl groups is 1. The van der Waals surface area contributed by atoms with Gasteiger partial charge in [0.15, 0.2) is 5.82 Å². The molecular weight excluding hydrogens is 533 g/mol. The van der Waals surface area contributed by atoms with Crippen molar-refractivity contribution in [2.75, 3.05) is 24.6 Å². The number of anilines is 1. The predicted octanol–water partition coefficient (Wildman–Crippen LogP) is 4.51. The molecule has 3 heterocycles. The van der Waals surface area contributed by atoms with Crippen molar-refractivity contribution in [2.45, 2.75) is 55.8 Å². The molecule has 2 bridgehead atoms. The van der Waals surface area contributed by atoms with Crippen LogP contribution in [0.15, 0.2) is 42.5 Å². The summed E-state index contributed by atoms with van der Waals surface area (Å²) < 4.78 is 22.7. The van der Waals surface area contributed by atoms with Gasteiger partial charge in [0.05, 0.1) is 16.7 Å². The van der Waals surface area contributed by atoms with Crippen molar-refractivity contribution < 1.29 is 19.3 Å². The third kappa shape index (κ3) is 4.51. The van der Waals surface area contributed by atoms with Crippen LogP contribution >= 0.6 is 11.6 Å². The summed E-state index contributed by atoms with van der Waals surface area (Å²) in [5.41, 5.74) is 6.51. The van der Waals surface area contributed by atoms with Crippen molar-refractivity contribution >= 4 is 39.1 Å². The van der Waals surface area contributed by atoms with Gasteiger partial charge in [-0.3, -0.25) is 0 Å². The van der Waals surface area contributed by atoms with E-state index in [1.807, 2.05) is 24.3 Å². The Labute approximate surface area is 235 Å². The Morgan fingerprint density at radius 3 is 2.62 bits per heavy atom. The predicted molar refractivity (Wildman–Crippen MR) is 154 cm³/mol. The summed E-state index contributed by atoms with van der Waals surface area (Å²) in [5, 5.41) is 26.3. The molecule has 1 saturated carbocycles. The highest BCUT2D eigenvalue weighted by atomic mass is 35.5. The van der Waals surface area contributed by atoms with Gasteiger partial charge in [-0.25, -0.2) is 4.39 Å². The van der Waals surface area contributed by atoms with E-state index in [1.165, 1.54) is 6.07 Å². The minimum Gasteiger partial charge on any atom is -0.508 e. The normalized spacial score (nSPS) is 26.2. The zero-order valence-corrected chi connectivity index (χ0v) is 22.7. The molecule has 4 aromatic rings. The van der Waals surface area contributed by atoms with E-state index in [2.05, 4.69) is 15.2 Å². The molecule has 7 rings (SSSR count). The Hall–Kier alpha value is -3.24. The molecule has 1 aliphatic carbocycles. The number of aliphatic hydroxyl groups is 1. The maximum absolute atomic E-state index is 16.6. The molecule has 0 radical (unpaired) electrons. The maximum atomic E-state index is 16.6. The summed E-state index contributed by atoms with van der Waals surface area (Å²) in [6, 6.07) is 13.0. The fourth-order valence-corrected chi connectivity index (χ4v) is 6.94. The Balaban J connectivity index is 1.38. The van der Waals surface area contributed by atoms with Gasteiger partial charge in [-0.2, -0.15) is 9.97 Å². The van der Waals surface area contributed by atoms with Crippen LogP contribution in [0.1, 0.15) is 32.1 Å². The Bertz CT molecular complexity index is 1620. The summed E-state index contributed by atoms with van der Waals surface area (Å²) in [6.45, 7) is 1.57. The maximum Gasteiger partial charge on any atom is 0.319 e.